The number of carbonyl (C=O) groups is 2. The largest absolute Gasteiger partial charge is 0.378 e. The van der Waals surface area contributed by atoms with Gasteiger partial charge in [-0.1, -0.05) is 35.4 Å². The summed E-state index contributed by atoms with van der Waals surface area (Å²) in [6, 6.07) is 12.4. The first-order valence-electron chi connectivity index (χ1n) is 14.9. The normalized spacial score (nSPS) is 20.2. The molecule has 0 saturated carbocycles. The fourth-order valence-corrected chi connectivity index (χ4v) is 7.62. The lowest BCUT2D eigenvalue weighted by Crippen LogP contribution is -2.49. The Morgan fingerprint density at radius 2 is 0.800 bits per heavy atom. The Morgan fingerprint density at radius 3 is 1.13 bits per heavy atom. The van der Waals surface area contributed by atoms with Crippen molar-refractivity contribution in [3.05, 3.63) is 59.7 Å². The van der Waals surface area contributed by atoms with Crippen LogP contribution in [0.15, 0.2) is 58.3 Å². The maximum Gasteiger partial charge on any atom is 0.243 e. The highest BCUT2D eigenvalue weighted by molar-refractivity contribution is 7.89. The summed E-state index contributed by atoms with van der Waals surface area (Å²) in [7, 11) is -8.49. The van der Waals surface area contributed by atoms with Crippen LogP contribution in [0.3, 0.4) is 0 Å². The number of carbonyl (C=O) groups excluding carboxylic acids is 2. The maximum absolute atomic E-state index is 13.9. The van der Waals surface area contributed by atoms with Crippen molar-refractivity contribution in [1.82, 2.24) is 18.4 Å². The van der Waals surface area contributed by atoms with Gasteiger partial charge >= 0.3 is 0 Å². The Bertz CT molecular complexity index is 1390. The van der Waals surface area contributed by atoms with Gasteiger partial charge in [0.05, 0.1) is 62.5 Å². The fraction of sp³-hybridized carbons (Fsp3) is 0.533. The van der Waals surface area contributed by atoms with Crippen LogP contribution in [0, 0.1) is 13.8 Å². The molecule has 2 aromatic rings. The zero-order valence-corrected chi connectivity index (χ0v) is 27.4. The van der Waals surface area contributed by atoms with E-state index in [9.17, 15) is 26.4 Å². The van der Waals surface area contributed by atoms with E-state index in [1.54, 1.807) is 24.3 Å². The lowest BCUT2D eigenvalue weighted by Gasteiger charge is -2.30. The molecule has 2 aliphatic rings. The molecule has 13 nitrogen and oxygen atoms in total. The molecule has 0 atom stereocenters. The van der Waals surface area contributed by atoms with E-state index >= 15 is 0 Å². The third-order valence-electron chi connectivity index (χ3n) is 7.64. The summed E-state index contributed by atoms with van der Waals surface area (Å²) in [6.07, 6.45) is 0. The van der Waals surface area contributed by atoms with E-state index in [-0.39, 0.29) is 88.7 Å². The second-order valence-corrected chi connectivity index (χ2v) is 14.8. The molecule has 2 amide bonds. The molecule has 2 heterocycles. The van der Waals surface area contributed by atoms with Gasteiger partial charge in [-0.25, -0.2) is 16.8 Å². The number of hydrogen-bond donors (Lipinski definition) is 0. The number of ether oxygens (including phenoxy) is 3. The van der Waals surface area contributed by atoms with E-state index in [0.29, 0.717) is 0 Å². The second kappa shape index (κ2) is 16.1. The summed E-state index contributed by atoms with van der Waals surface area (Å²) >= 11 is 0. The predicted octanol–water partition coefficient (Wildman–Crippen LogP) is 0.719. The SMILES string of the molecule is Cc1ccc(S(=O)(=O)N2CCN(S(=O)(=O)c3ccc(C)cc3)CC(=O)N3CCOCCOCCN(CCOCC3)C(=O)C2)cc1. The molecule has 2 aliphatic heterocycles. The third kappa shape index (κ3) is 9.54. The van der Waals surface area contributed by atoms with Gasteiger partial charge in [-0.3, -0.25) is 9.59 Å². The lowest BCUT2D eigenvalue weighted by atomic mass is 10.2. The molecular weight excluding hydrogens is 624 g/mol. The molecule has 0 aliphatic carbocycles. The average molecular weight is 667 g/mol. The van der Waals surface area contributed by atoms with Crippen molar-refractivity contribution in [1.29, 1.82) is 0 Å². The first-order chi connectivity index (χ1) is 21.5. The summed E-state index contributed by atoms with van der Waals surface area (Å²) in [5, 5.41) is 0. The first kappa shape index (κ1) is 34.9. The fourth-order valence-electron chi connectivity index (χ4n) is 4.86. The van der Waals surface area contributed by atoms with Gasteiger partial charge in [-0.2, -0.15) is 8.61 Å². The second-order valence-electron chi connectivity index (χ2n) is 10.9. The van der Waals surface area contributed by atoms with Crippen molar-refractivity contribution in [2.75, 3.05) is 92.0 Å². The highest BCUT2D eigenvalue weighted by Crippen LogP contribution is 2.20. The van der Waals surface area contributed by atoms with E-state index in [4.69, 9.17) is 14.2 Å². The number of rotatable bonds is 4. The van der Waals surface area contributed by atoms with Gasteiger partial charge in [0.2, 0.25) is 31.9 Å². The number of fused-ring (bicyclic) bond motifs is 6. The van der Waals surface area contributed by atoms with Crippen molar-refractivity contribution in [2.24, 2.45) is 0 Å². The van der Waals surface area contributed by atoms with Gasteiger partial charge in [0.25, 0.3) is 0 Å². The van der Waals surface area contributed by atoms with Gasteiger partial charge in [-0.05, 0) is 38.1 Å². The number of sulfonamides is 2. The topological polar surface area (TPSA) is 143 Å². The van der Waals surface area contributed by atoms with Gasteiger partial charge in [0, 0.05) is 39.3 Å². The van der Waals surface area contributed by atoms with E-state index in [2.05, 4.69) is 0 Å². The predicted molar refractivity (Wildman–Crippen MR) is 165 cm³/mol. The minimum atomic E-state index is -4.25. The Balaban J connectivity index is 1.76. The van der Waals surface area contributed by atoms with Crippen LogP contribution in [0.25, 0.3) is 0 Å². The molecule has 4 rings (SSSR count). The van der Waals surface area contributed by atoms with Crippen LogP contribution in [0.4, 0.5) is 0 Å². The Kier molecular flexibility index (Phi) is 12.5. The zero-order chi connectivity index (χ0) is 32.5. The van der Waals surface area contributed by atoms with Crippen molar-refractivity contribution >= 4 is 31.9 Å². The summed E-state index contributed by atoms with van der Waals surface area (Å²) in [6.45, 7) is 3.81. The van der Waals surface area contributed by atoms with Crippen LogP contribution in [-0.4, -0.2) is 139 Å². The van der Waals surface area contributed by atoms with Crippen LogP contribution in [0.2, 0.25) is 0 Å². The minimum Gasteiger partial charge on any atom is -0.378 e. The van der Waals surface area contributed by atoms with Crippen LogP contribution < -0.4 is 0 Å². The van der Waals surface area contributed by atoms with Crippen LogP contribution in [0.5, 0.6) is 0 Å². The molecule has 15 heteroatoms. The monoisotopic (exact) mass is 666 g/mol. The molecule has 2 aromatic carbocycles. The number of nitrogens with zero attached hydrogens (tertiary/aromatic N) is 4. The quantitative estimate of drug-likeness (QED) is 0.432. The van der Waals surface area contributed by atoms with Gasteiger partial charge < -0.3 is 24.0 Å². The summed E-state index contributed by atoms with van der Waals surface area (Å²) in [5.74, 6) is -0.974. The standard InChI is InChI=1S/C30H42N4O9S2/c1-25-3-7-27(8-4-25)44(37,38)33-11-12-34(45(39,40)28-9-5-26(2)6-10-28)24-30(36)32-14-18-41-17-13-31(29(35)23-33)15-19-42-21-22-43-20-16-32/h3-10H,11-24H2,1-2H3. The summed E-state index contributed by atoms with van der Waals surface area (Å²) < 4.78 is 74.7. The molecule has 248 valence electrons. The zero-order valence-electron chi connectivity index (χ0n) is 25.8. The number of hydrogen-bond acceptors (Lipinski definition) is 9. The van der Waals surface area contributed by atoms with Gasteiger partial charge in [0.15, 0.2) is 0 Å². The van der Waals surface area contributed by atoms with Crippen molar-refractivity contribution in [3.8, 4) is 0 Å². The van der Waals surface area contributed by atoms with Crippen molar-refractivity contribution < 1.29 is 40.6 Å². The van der Waals surface area contributed by atoms with Crippen molar-refractivity contribution in [2.45, 2.75) is 23.6 Å². The molecule has 2 fully saturated rings. The molecule has 0 unspecified atom stereocenters. The summed E-state index contributed by atoms with van der Waals surface area (Å²) in [4.78, 5) is 30.2. The van der Waals surface area contributed by atoms with Gasteiger partial charge in [0.1, 0.15) is 0 Å². The number of benzene rings is 2. The Morgan fingerprint density at radius 1 is 0.489 bits per heavy atom. The molecule has 0 radical (unpaired) electrons. The Hall–Kier alpha value is -2.92. The smallest absolute Gasteiger partial charge is 0.243 e. The molecule has 2 bridgehead atoms. The molecule has 45 heavy (non-hydrogen) atoms. The molecule has 0 spiro atoms. The number of aryl methyl sites for hydroxylation is 2. The lowest BCUT2D eigenvalue weighted by molar-refractivity contribution is -0.133. The van der Waals surface area contributed by atoms with E-state index in [1.807, 2.05) is 13.8 Å². The maximum atomic E-state index is 13.9. The van der Waals surface area contributed by atoms with E-state index in [1.165, 1.54) is 34.1 Å². The van der Waals surface area contributed by atoms with Gasteiger partial charge in [-0.15, -0.1) is 0 Å². The third-order valence-corrected chi connectivity index (χ3v) is 11.4. The van der Waals surface area contributed by atoms with Crippen LogP contribution in [-0.2, 0) is 43.8 Å². The van der Waals surface area contributed by atoms with Crippen LogP contribution in [0.1, 0.15) is 11.1 Å². The average Bonchev–Trinajstić information content (AvgIpc) is 3.02. The molecular formula is C30H42N4O9S2. The van der Waals surface area contributed by atoms with E-state index < -0.39 is 45.0 Å². The minimum absolute atomic E-state index is 0.0330. The van der Waals surface area contributed by atoms with Crippen molar-refractivity contribution in [3.63, 3.8) is 0 Å². The summed E-state index contributed by atoms with van der Waals surface area (Å²) in [5.41, 5.74) is 1.70. The molecule has 0 aromatic heterocycles. The molecule has 0 N–H and O–H groups in total. The Labute approximate surface area is 265 Å². The molecule has 2 saturated heterocycles. The van der Waals surface area contributed by atoms with Crippen LogP contribution >= 0.6 is 0 Å². The number of amides is 2. The highest BCUT2D eigenvalue weighted by atomic mass is 32.2. The van der Waals surface area contributed by atoms with E-state index in [0.717, 1.165) is 19.7 Å². The first-order valence-corrected chi connectivity index (χ1v) is 17.8. The highest BCUT2D eigenvalue weighted by Gasteiger charge is 2.33.